The van der Waals surface area contributed by atoms with Crippen LogP contribution in [0.3, 0.4) is 0 Å². The zero-order valence-corrected chi connectivity index (χ0v) is 14.9. The Hall–Kier alpha value is 0.0400. The molecule has 3 unspecified atom stereocenters. The summed E-state index contributed by atoms with van der Waals surface area (Å²) < 4.78 is 38.6. The van der Waals surface area contributed by atoms with Gasteiger partial charge in [0.15, 0.2) is 0 Å². The highest BCUT2D eigenvalue weighted by atomic mass is 35.5. The van der Waals surface area contributed by atoms with E-state index in [0.29, 0.717) is 51.2 Å². The van der Waals surface area contributed by atoms with E-state index < -0.39 is 10.2 Å². The van der Waals surface area contributed by atoms with E-state index in [1.807, 2.05) is 0 Å². The molecule has 1 heterocycles. The summed E-state index contributed by atoms with van der Waals surface area (Å²) >= 11 is 0. The van der Waals surface area contributed by atoms with Gasteiger partial charge >= 0.3 is 0 Å². The van der Waals surface area contributed by atoms with Crippen molar-refractivity contribution in [3.05, 3.63) is 0 Å². The Morgan fingerprint density at radius 2 is 1.73 bits per heavy atom. The minimum atomic E-state index is -3.46. The normalized spacial score (nSPS) is 28.8. The molecule has 0 radical (unpaired) electrons. The van der Waals surface area contributed by atoms with E-state index in [2.05, 4.69) is 0 Å². The van der Waals surface area contributed by atoms with E-state index in [4.69, 9.17) is 15.2 Å². The molecule has 0 aromatic carbocycles. The van der Waals surface area contributed by atoms with Gasteiger partial charge in [-0.15, -0.1) is 12.4 Å². The van der Waals surface area contributed by atoms with Gasteiger partial charge in [-0.05, 0) is 24.7 Å². The van der Waals surface area contributed by atoms with Crippen molar-refractivity contribution in [3.63, 3.8) is 0 Å². The summed E-state index contributed by atoms with van der Waals surface area (Å²) in [6.07, 6.45) is 2.05. The summed E-state index contributed by atoms with van der Waals surface area (Å²) in [7, 11) is -0.320. The minimum Gasteiger partial charge on any atom is -0.383 e. The number of hydrogen-bond acceptors (Lipinski definition) is 5. The molecule has 7 nitrogen and oxygen atoms in total. The first-order valence-corrected chi connectivity index (χ1v) is 8.89. The summed E-state index contributed by atoms with van der Waals surface area (Å²) in [4.78, 5) is 0. The highest BCUT2D eigenvalue weighted by Gasteiger charge is 2.46. The number of hydrogen-bond donors (Lipinski definition) is 1. The van der Waals surface area contributed by atoms with Gasteiger partial charge in [0.05, 0.1) is 13.2 Å². The maximum absolute atomic E-state index is 12.8. The van der Waals surface area contributed by atoms with Crippen molar-refractivity contribution >= 4 is 22.6 Å². The molecule has 1 aliphatic carbocycles. The summed E-state index contributed by atoms with van der Waals surface area (Å²) in [6, 6.07) is 0.140. The van der Waals surface area contributed by atoms with Crippen LogP contribution in [-0.4, -0.2) is 76.7 Å². The molecule has 22 heavy (non-hydrogen) atoms. The molecule has 2 rings (SSSR count). The summed E-state index contributed by atoms with van der Waals surface area (Å²) in [5.41, 5.74) is 6.09. The van der Waals surface area contributed by atoms with Crippen molar-refractivity contribution < 1.29 is 17.9 Å². The average Bonchev–Trinajstić information content (AvgIpc) is 3.02. The van der Waals surface area contributed by atoms with Crippen molar-refractivity contribution in [2.45, 2.75) is 18.9 Å². The number of ether oxygens (including phenoxy) is 2. The number of rotatable bonds is 8. The zero-order valence-electron chi connectivity index (χ0n) is 13.3. The fourth-order valence-electron chi connectivity index (χ4n) is 3.35. The molecule has 0 amide bonds. The summed E-state index contributed by atoms with van der Waals surface area (Å²) in [5.74, 6) is 0.730. The first-order valence-electron chi connectivity index (χ1n) is 7.49. The van der Waals surface area contributed by atoms with Gasteiger partial charge in [0.2, 0.25) is 0 Å². The lowest BCUT2D eigenvalue weighted by Gasteiger charge is -2.27. The van der Waals surface area contributed by atoms with Crippen molar-refractivity contribution in [1.29, 1.82) is 0 Å². The topological polar surface area (TPSA) is 85.1 Å². The van der Waals surface area contributed by atoms with Gasteiger partial charge in [0, 0.05) is 46.4 Å². The minimum absolute atomic E-state index is 0. The van der Waals surface area contributed by atoms with Crippen LogP contribution in [0.15, 0.2) is 0 Å². The van der Waals surface area contributed by atoms with Crippen LogP contribution in [0.5, 0.6) is 0 Å². The number of halogens is 1. The monoisotopic (exact) mass is 357 g/mol. The number of nitrogens with two attached hydrogens (primary N) is 1. The Bertz CT molecular complexity index is 421. The van der Waals surface area contributed by atoms with Gasteiger partial charge in [0.1, 0.15) is 0 Å². The molecule has 0 aromatic rings. The molecule has 1 saturated heterocycles. The van der Waals surface area contributed by atoms with Crippen LogP contribution in [0.2, 0.25) is 0 Å². The van der Waals surface area contributed by atoms with Crippen LogP contribution in [0.4, 0.5) is 0 Å². The first-order chi connectivity index (χ1) is 10.0. The van der Waals surface area contributed by atoms with E-state index >= 15 is 0 Å². The molecular weight excluding hydrogens is 330 g/mol. The predicted octanol–water partition coefficient (Wildman–Crippen LogP) is -0.0831. The van der Waals surface area contributed by atoms with Gasteiger partial charge in [0.25, 0.3) is 10.2 Å². The lowest BCUT2D eigenvalue weighted by atomic mass is 9.98. The van der Waals surface area contributed by atoms with Crippen LogP contribution < -0.4 is 5.73 Å². The maximum atomic E-state index is 12.8. The molecule has 3 atom stereocenters. The lowest BCUT2D eigenvalue weighted by molar-refractivity contribution is 0.147. The Morgan fingerprint density at radius 3 is 2.23 bits per heavy atom. The molecule has 0 aromatic heterocycles. The Kier molecular flexibility index (Phi) is 8.01. The van der Waals surface area contributed by atoms with Crippen molar-refractivity contribution in [2.24, 2.45) is 17.6 Å². The smallest absolute Gasteiger partial charge is 0.282 e. The SMILES string of the molecule is COCCN(CCOC)S(=O)(=O)N1CC2CCC(N)C2C1.Cl. The molecule has 2 N–H and O–H groups in total. The number of fused-ring (bicyclic) bond motifs is 1. The highest BCUT2D eigenvalue weighted by molar-refractivity contribution is 7.86. The molecule has 1 aliphatic heterocycles. The Morgan fingerprint density at radius 1 is 1.14 bits per heavy atom. The van der Waals surface area contributed by atoms with Gasteiger partial charge in [-0.3, -0.25) is 0 Å². The van der Waals surface area contributed by atoms with Crippen LogP contribution in [0, 0.1) is 11.8 Å². The second kappa shape index (κ2) is 8.77. The fourth-order valence-corrected chi connectivity index (χ4v) is 5.02. The first kappa shape index (κ1) is 20.1. The van der Waals surface area contributed by atoms with E-state index in [1.54, 1.807) is 18.5 Å². The van der Waals surface area contributed by atoms with Crippen LogP contribution in [0.25, 0.3) is 0 Å². The van der Waals surface area contributed by atoms with Crippen LogP contribution in [0.1, 0.15) is 12.8 Å². The quantitative estimate of drug-likeness (QED) is 0.656. The maximum Gasteiger partial charge on any atom is 0.282 e. The van der Waals surface area contributed by atoms with E-state index in [0.717, 1.165) is 12.8 Å². The van der Waals surface area contributed by atoms with E-state index in [1.165, 1.54) is 4.31 Å². The van der Waals surface area contributed by atoms with Crippen molar-refractivity contribution in [1.82, 2.24) is 8.61 Å². The number of methoxy groups -OCH3 is 2. The van der Waals surface area contributed by atoms with E-state index in [9.17, 15) is 8.42 Å². The average molecular weight is 358 g/mol. The standard InChI is InChI=1S/C13H27N3O4S.ClH/c1-19-7-5-15(6-8-20-2)21(17,18)16-9-11-3-4-13(14)12(11)10-16;/h11-13H,3-10,14H2,1-2H3;1H. The molecular formula is C13H28ClN3O4S. The highest BCUT2D eigenvalue weighted by Crippen LogP contribution is 2.38. The molecule has 2 aliphatic rings. The molecule has 2 fully saturated rings. The van der Waals surface area contributed by atoms with Crippen LogP contribution >= 0.6 is 12.4 Å². The summed E-state index contributed by atoms with van der Waals surface area (Å²) in [5, 5.41) is 0. The fraction of sp³-hybridized carbons (Fsp3) is 1.00. The van der Waals surface area contributed by atoms with Gasteiger partial charge in [-0.2, -0.15) is 17.0 Å². The van der Waals surface area contributed by atoms with E-state index in [-0.39, 0.29) is 18.4 Å². The van der Waals surface area contributed by atoms with Gasteiger partial charge in [-0.25, -0.2) is 0 Å². The second-order valence-electron chi connectivity index (χ2n) is 5.87. The Labute approximate surface area is 139 Å². The molecule has 9 heteroatoms. The zero-order chi connectivity index (χ0) is 15.5. The third-order valence-corrected chi connectivity index (χ3v) is 6.59. The third-order valence-electron chi connectivity index (χ3n) is 4.62. The van der Waals surface area contributed by atoms with Crippen molar-refractivity contribution in [2.75, 3.05) is 53.6 Å². The predicted molar refractivity (Wildman–Crippen MR) is 87.3 cm³/mol. The third kappa shape index (κ3) is 4.31. The Balaban J connectivity index is 0.00000242. The largest absolute Gasteiger partial charge is 0.383 e. The molecule has 0 spiro atoms. The summed E-state index contributed by atoms with van der Waals surface area (Å²) in [6.45, 7) is 2.59. The van der Waals surface area contributed by atoms with Crippen LogP contribution in [-0.2, 0) is 19.7 Å². The molecule has 0 bridgehead atoms. The van der Waals surface area contributed by atoms with Gasteiger partial charge < -0.3 is 15.2 Å². The molecule has 132 valence electrons. The van der Waals surface area contributed by atoms with Gasteiger partial charge in [-0.1, -0.05) is 0 Å². The number of nitrogens with zero attached hydrogens (tertiary/aromatic N) is 2. The van der Waals surface area contributed by atoms with Crippen molar-refractivity contribution in [3.8, 4) is 0 Å². The second-order valence-corrected chi connectivity index (χ2v) is 7.80. The lowest BCUT2D eigenvalue weighted by Crippen LogP contribution is -2.46. The molecule has 1 saturated carbocycles.